The molecular formula is C15H15N2O3+. The van der Waals surface area contributed by atoms with Crippen LogP contribution in [0.2, 0.25) is 0 Å². The normalized spacial score (nSPS) is 10.1. The second-order valence-corrected chi connectivity index (χ2v) is 4.12. The van der Waals surface area contributed by atoms with E-state index in [4.69, 9.17) is 4.74 Å². The monoisotopic (exact) mass is 271 g/mol. The number of ether oxygens (including phenoxy) is 1. The van der Waals surface area contributed by atoms with E-state index >= 15 is 0 Å². The van der Waals surface area contributed by atoms with E-state index in [0.29, 0.717) is 12.2 Å². The van der Waals surface area contributed by atoms with Crippen molar-refractivity contribution < 1.29 is 18.9 Å². The lowest BCUT2D eigenvalue weighted by Crippen LogP contribution is -2.38. The van der Waals surface area contributed by atoms with Gasteiger partial charge in [-0.2, -0.15) is 4.57 Å². The van der Waals surface area contributed by atoms with Crippen LogP contribution in [0.5, 0.6) is 0 Å². The lowest BCUT2D eigenvalue weighted by Gasteiger charge is -2.00. The summed E-state index contributed by atoms with van der Waals surface area (Å²) in [5, 5.41) is 0. The van der Waals surface area contributed by atoms with E-state index in [0.717, 1.165) is 0 Å². The molecule has 2 aromatic rings. The van der Waals surface area contributed by atoms with Crippen LogP contribution in [0.3, 0.4) is 0 Å². The van der Waals surface area contributed by atoms with Crippen molar-refractivity contribution in [3.63, 3.8) is 0 Å². The second-order valence-electron chi connectivity index (χ2n) is 4.12. The van der Waals surface area contributed by atoms with Crippen LogP contribution in [0.25, 0.3) is 0 Å². The highest BCUT2D eigenvalue weighted by Crippen LogP contribution is 2.00. The van der Waals surface area contributed by atoms with E-state index in [-0.39, 0.29) is 18.0 Å². The van der Waals surface area contributed by atoms with Gasteiger partial charge in [0.1, 0.15) is 0 Å². The van der Waals surface area contributed by atoms with Crippen LogP contribution in [0, 0.1) is 0 Å². The van der Waals surface area contributed by atoms with Gasteiger partial charge in [0.2, 0.25) is 24.2 Å². The van der Waals surface area contributed by atoms with Crippen LogP contribution >= 0.6 is 0 Å². The first-order valence-corrected chi connectivity index (χ1v) is 6.31. The van der Waals surface area contributed by atoms with Gasteiger partial charge in [-0.25, -0.2) is 9.78 Å². The Morgan fingerprint density at radius 1 is 1.25 bits per heavy atom. The standard InChI is InChI=1S/C15H15N2O3/c1-2-20-15(19)13-10-17(9-8-16-13)11-14(18)12-6-4-3-5-7-12/h3-10H,2,11H2,1H3/q+1. The van der Waals surface area contributed by atoms with E-state index in [1.54, 1.807) is 29.8 Å². The third kappa shape index (κ3) is 3.47. The van der Waals surface area contributed by atoms with E-state index in [2.05, 4.69) is 4.98 Å². The molecule has 5 heteroatoms. The van der Waals surface area contributed by atoms with Gasteiger partial charge < -0.3 is 4.74 Å². The molecule has 0 fully saturated rings. The Hall–Kier alpha value is -2.56. The van der Waals surface area contributed by atoms with Crippen molar-refractivity contribution in [3.05, 3.63) is 60.2 Å². The summed E-state index contributed by atoms with van der Waals surface area (Å²) < 4.78 is 6.49. The Morgan fingerprint density at radius 3 is 2.70 bits per heavy atom. The molecule has 0 aliphatic heterocycles. The molecule has 0 unspecified atom stereocenters. The van der Waals surface area contributed by atoms with Crippen LogP contribution in [0.1, 0.15) is 27.8 Å². The van der Waals surface area contributed by atoms with Crippen molar-refractivity contribution in [1.29, 1.82) is 0 Å². The lowest BCUT2D eigenvalue weighted by atomic mass is 10.1. The molecule has 0 N–H and O–H groups in total. The summed E-state index contributed by atoms with van der Waals surface area (Å²) in [5.41, 5.74) is 0.824. The Kier molecular flexibility index (Phi) is 4.55. The third-order valence-electron chi connectivity index (χ3n) is 2.67. The fourth-order valence-electron chi connectivity index (χ4n) is 1.72. The number of hydrogen-bond acceptors (Lipinski definition) is 4. The average molecular weight is 271 g/mol. The molecule has 0 saturated heterocycles. The fourth-order valence-corrected chi connectivity index (χ4v) is 1.72. The maximum absolute atomic E-state index is 12.1. The average Bonchev–Trinajstić information content (AvgIpc) is 2.48. The van der Waals surface area contributed by atoms with Crippen LogP contribution in [-0.4, -0.2) is 23.3 Å². The first-order valence-electron chi connectivity index (χ1n) is 6.31. The quantitative estimate of drug-likeness (QED) is 0.469. The summed E-state index contributed by atoms with van der Waals surface area (Å²) in [6.07, 6.45) is 4.63. The zero-order valence-electron chi connectivity index (χ0n) is 11.2. The number of ketones is 1. The van der Waals surface area contributed by atoms with Gasteiger partial charge in [-0.15, -0.1) is 0 Å². The molecule has 0 bridgehead atoms. The number of esters is 1. The Bertz CT molecular complexity index is 612. The van der Waals surface area contributed by atoms with Gasteiger partial charge in [0.15, 0.2) is 6.20 Å². The predicted octanol–water partition coefficient (Wildman–Crippen LogP) is 1.43. The third-order valence-corrected chi connectivity index (χ3v) is 2.67. The second kappa shape index (κ2) is 6.56. The van der Waals surface area contributed by atoms with Gasteiger partial charge in [0, 0.05) is 5.56 Å². The van der Waals surface area contributed by atoms with E-state index in [9.17, 15) is 9.59 Å². The van der Waals surface area contributed by atoms with Crippen LogP contribution in [0.15, 0.2) is 48.9 Å². The van der Waals surface area contributed by atoms with Gasteiger partial charge >= 0.3 is 5.97 Å². The Labute approximate surface area is 116 Å². The first kappa shape index (κ1) is 13.9. The smallest absolute Gasteiger partial charge is 0.363 e. The van der Waals surface area contributed by atoms with Gasteiger partial charge in [-0.3, -0.25) is 4.79 Å². The fraction of sp³-hybridized carbons (Fsp3) is 0.200. The van der Waals surface area contributed by atoms with Crippen molar-refractivity contribution in [2.75, 3.05) is 6.61 Å². The molecule has 0 aliphatic rings. The van der Waals surface area contributed by atoms with E-state index < -0.39 is 5.97 Å². The number of benzene rings is 1. The zero-order valence-corrected chi connectivity index (χ0v) is 11.2. The maximum Gasteiger partial charge on any atom is 0.363 e. The molecule has 0 spiro atoms. The van der Waals surface area contributed by atoms with Gasteiger partial charge in [-0.05, 0) is 6.92 Å². The Balaban J connectivity index is 2.12. The maximum atomic E-state index is 12.1. The topological polar surface area (TPSA) is 60.1 Å². The summed E-state index contributed by atoms with van der Waals surface area (Å²) in [5.74, 6) is -0.523. The van der Waals surface area contributed by atoms with Crippen LogP contribution < -0.4 is 4.57 Å². The van der Waals surface area contributed by atoms with Crippen LogP contribution in [-0.2, 0) is 11.3 Å². The molecule has 0 saturated carbocycles. The molecule has 0 aliphatic carbocycles. The van der Waals surface area contributed by atoms with Crippen molar-refractivity contribution >= 4 is 11.8 Å². The Morgan fingerprint density at radius 2 is 2.00 bits per heavy atom. The molecule has 1 aromatic heterocycles. The SMILES string of the molecule is CCOC(=O)c1c[n+](CC(=O)c2ccccc2)ccn1. The summed E-state index contributed by atoms with van der Waals surface area (Å²) in [6, 6.07) is 9.00. The summed E-state index contributed by atoms with van der Waals surface area (Å²) in [7, 11) is 0. The summed E-state index contributed by atoms with van der Waals surface area (Å²) in [6.45, 7) is 2.17. The minimum Gasteiger partial charge on any atom is -0.461 e. The van der Waals surface area contributed by atoms with Crippen molar-refractivity contribution in [2.24, 2.45) is 0 Å². The number of hydrogen-bond donors (Lipinski definition) is 0. The van der Waals surface area contributed by atoms with Crippen molar-refractivity contribution in [1.82, 2.24) is 4.98 Å². The minimum absolute atomic E-state index is 0.0309. The van der Waals surface area contributed by atoms with Crippen LogP contribution in [0.4, 0.5) is 0 Å². The summed E-state index contributed by atoms with van der Waals surface area (Å²) in [4.78, 5) is 27.6. The number of Topliss-reactive ketones (excluding diaryl/α,β-unsaturated/α-hetero) is 1. The van der Waals surface area contributed by atoms with Crippen molar-refractivity contribution in [2.45, 2.75) is 13.5 Å². The van der Waals surface area contributed by atoms with Gasteiger partial charge in [0.25, 0.3) is 0 Å². The highest BCUT2D eigenvalue weighted by molar-refractivity contribution is 5.95. The number of carbonyl (C=O) groups excluding carboxylic acids is 2. The molecule has 0 radical (unpaired) electrons. The molecule has 0 amide bonds. The number of rotatable bonds is 5. The van der Waals surface area contributed by atoms with Crippen molar-refractivity contribution in [3.8, 4) is 0 Å². The number of aromatic nitrogens is 2. The molecule has 102 valence electrons. The molecule has 1 heterocycles. The molecule has 20 heavy (non-hydrogen) atoms. The molecular weight excluding hydrogens is 256 g/mol. The number of carbonyl (C=O) groups is 2. The number of nitrogens with zero attached hydrogens (tertiary/aromatic N) is 2. The molecule has 1 aromatic carbocycles. The molecule has 5 nitrogen and oxygen atoms in total. The highest BCUT2D eigenvalue weighted by atomic mass is 16.5. The minimum atomic E-state index is -0.492. The predicted molar refractivity (Wildman–Crippen MR) is 71.2 cm³/mol. The van der Waals surface area contributed by atoms with Gasteiger partial charge in [-0.1, -0.05) is 30.3 Å². The van der Waals surface area contributed by atoms with E-state index in [1.807, 2.05) is 18.2 Å². The first-order chi connectivity index (χ1) is 9.70. The van der Waals surface area contributed by atoms with Gasteiger partial charge in [0.05, 0.1) is 12.8 Å². The largest absolute Gasteiger partial charge is 0.461 e. The zero-order chi connectivity index (χ0) is 14.4. The lowest BCUT2D eigenvalue weighted by molar-refractivity contribution is -0.683. The van der Waals surface area contributed by atoms with E-state index in [1.165, 1.54) is 12.4 Å². The summed E-state index contributed by atoms with van der Waals surface area (Å²) >= 11 is 0. The molecule has 0 atom stereocenters. The molecule has 2 rings (SSSR count). The highest BCUT2D eigenvalue weighted by Gasteiger charge is 2.16.